The van der Waals surface area contributed by atoms with Crippen molar-refractivity contribution in [3.63, 3.8) is 0 Å². The maximum atomic E-state index is 5.89. The molecule has 0 saturated carbocycles. The van der Waals surface area contributed by atoms with Crippen LogP contribution in [0.4, 0.5) is 0 Å². The first-order chi connectivity index (χ1) is 8.70. The number of thiophene rings is 1. The molecule has 0 aliphatic heterocycles. The minimum absolute atomic E-state index is 0.246. The summed E-state index contributed by atoms with van der Waals surface area (Å²) in [5, 5.41) is 3.54. The zero-order chi connectivity index (χ0) is 13.0. The minimum Gasteiger partial charge on any atom is -0.329 e. The molecule has 0 amide bonds. The van der Waals surface area contributed by atoms with Gasteiger partial charge in [0.1, 0.15) is 0 Å². The van der Waals surface area contributed by atoms with E-state index in [1.54, 1.807) is 0 Å². The zero-order valence-corrected chi connectivity index (χ0v) is 11.8. The number of benzene rings is 1. The summed E-state index contributed by atoms with van der Waals surface area (Å²) >= 11 is 1.84. The summed E-state index contributed by atoms with van der Waals surface area (Å²) < 4.78 is 0. The van der Waals surface area contributed by atoms with E-state index in [2.05, 4.69) is 49.5 Å². The van der Waals surface area contributed by atoms with Crippen molar-refractivity contribution >= 4 is 11.3 Å². The summed E-state index contributed by atoms with van der Waals surface area (Å²) in [7, 11) is 0. The van der Waals surface area contributed by atoms with Gasteiger partial charge in [0, 0.05) is 28.9 Å². The molecule has 1 aromatic carbocycles. The van der Waals surface area contributed by atoms with E-state index in [0.29, 0.717) is 6.54 Å². The van der Waals surface area contributed by atoms with Crippen LogP contribution in [0, 0.1) is 13.8 Å². The molecule has 2 rings (SSSR count). The third-order valence-electron chi connectivity index (χ3n) is 3.09. The Balaban J connectivity index is 2.04. The molecule has 0 aliphatic rings. The number of hydrogen-bond acceptors (Lipinski definition) is 3. The number of nitrogens with one attached hydrogen (secondary N) is 1. The van der Waals surface area contributed by atoms with Crippen LogP contribution in [-0.2, 0) is 6.54 Å². The fourth-order valence-electron chi connectivity index (χ4n) is 2.15. The standard InChI is InChI=1S/C15H20N2S/c1-11-8-14(12(2)18-11)15(9-16)17-10-13-6-4-3-5-7-13/h3-8,15,17H,9-10,16H2,1-2H3. The second kappa shape index (κ2) is 6.14. The maximum absolute atomic E-state index is 5.89. The number of hydrogen-bond donors (Lipinski definition) is 2. The Morgan fingerprint density at radius 1 is 1.22 bits per heavy atom. The molecule has 1 aromatic heterocycles. The lowest BCUT2D eigenvalue weighted by atomic mass is 10.1. The lowest BCUT2D eigenvalue weighted by molar-refractivity contribution is 0.541. The van der Waals surface area contributed by atoms with Gasteiger partial charge in [-0.1, -0.05) is 30.3 Å². The predicted octanol–water partition coefficient (Wildman–Crippen LogP) is 3.15. The summed E-state index contributed by atoms with van der Waals surface area (Å²) in [6.45, 7) is 5.80. The third-order valence-corrected chi connectivity index (χ3v) is 4.07. The fourth-order valence-corrected chi connectivity index (χ4v) is 3.14. The average Bonchev–Trinajstić information content (AvgIpc) is 2.71. The molecule has 1 atom stereocenters. The summed E-state index contributed by atoms with van der Waals surface area (Å²) in [5.41, 5.74) is 8.52. The van der Waals surface area contributed by atoms with Gasteiger partial charge in [-0.2, -0.15) is 0 Å². The summed E-state index contributed by atoms with van der Waals surface area (Å²) in [4.78, 5) is 2.71. The highest BCUT2D eigenvalue weighted by atomic mass is 32.1. The van der Waals surface area contributed by atoms with Gasteiger partial charge in [-0.25, -0.2) is 0 Å². The highest BCUT2D eigenvalue weighted by Gasteiger charge is 2.13. The van der Waals surface area contributed by atoms with E-state index in [4.69, 9.17) is 5.73 Å². The molecule has 0 radical (unpaired) electrons. The van der Waals surface area contributed by atoms with Crippen LogP contribution < -0.4 is 11.1 Å². The van der Waals surface area contributed by atoms with E-state index >= 15 is 0 Å². The molecule has 1 heterocycles. The van der Waals surface area contributed by atoms with Crippen molar-refractivity contribution in [3.05, 3.63) is 57.3 Å². The molecule has 0 fully saturated rings. The molecule has 3 heteroatoms. The Kier molecular flexibility index (Phi) is 4.53. The van der Waals surface area contributed by atoms with Gasteiger partial charge in [-0.05, 0) is 31.0 Å². The van der Waals surface area contributed by atoms with Crippen LogP contribution in [0.3, 0.4) is 0 Å². The van der Waals surface area contributed by atoms with Gasteiger partial charge in [0.2, 0.25) is 0 Å². The molecule has 2 nitrogen and oxygen atoms in total. The van der Waals surface area contributed by atoms with E-state index < -0.39 is 0 Å². The first-order valence-corrected chi connectivity index (χ1v) is 7.06. The van der Waals surface area contributed by atoms with Crippen molar-refractivity contribution < 1.29 is 0 Å². The molecule has 96 valence electrons. The van der Waals surface area contributed by atoms with Crippen molar-refractivity contribution in [1.29, 1.82) is 0 Å². The SMILES string of the molecule is Cc1cc(C(CN)NCc2ccccc2)c(C)s1. The van der Waals surface area contributed by atoms with Crippen LogP contribution in [0.25, 0.3) is 0 Å². The largest absolute Gasteiger partial charge is 0.329 e. The van der Waals surface area contributed by atoms with Crippen LogP contribution in [0.5, 0.6) is 0 Å². The Labute approximate surface area is 113 Å². The molecular formula is C15H20N2S. The van der Waals surface area contributed by atoms with E-state index in [9.17, 15) is 0 Å². The monoisotopic (exact) mass is 260 g/mol. The molecule has 0 spiro atoms. The summed E-state index contributed by atoms with van der Waals surface area (Å²) in [6, 6.07) is 12.9. The van der Waals surface area contributed by atoms with Gasteiger partial charge in [0.05, 0.1) is 0 Å². The number of aryl methyl sites for hydroxylation is 2. The lowest BCUT2D eigenvalue weighted by Crippen LogP contribution is -2.27. The average molecular weight is 260 g/mol. The molecule has 2 aromatic rings. The maximum Gasteiger partial charge on any atom is 0.0458 e. The van der Waals surface area contributed by atoms with Gasteiger partial charge in [0.25, 0.3) is 0 Å². The second-order valence-electron chi connectivity index (χ2n) is 4.52. The second-order valence-corrected chi connectivity index (χ2v) is 5.98. The summed E-state index contributed by atoms with van der Waals surface area (Å²) in [6.07, 6.45) is 0. The number of rotatable bonds is 5. The fraction of sp³-hybridized carbons (Fsp3) is 0.333. The van der Waals surface area contributed by atoms with Crippen LogP contribution >= 0.6 is 11.3 Å². The first-order valence-electron chi connectivity index (χ1n) is 6.25. The molecule has 3 N–H and O–H groups in total. The van der Waals surface area contributed by atoms with Gasteiger partial charge < -0.3 is 11.1 Å². The van der Waals surface area contributed by atoms with E-state index in [-0.39, 0.29) is 6.04 Å². The van der Waals surface area contributed by atoms with Crippen LogP contribution in [0.1, 0.15) is 26.9 Å². The molecule has 18 heavy (non-hydrogen) atoms. The Bertz CT molecular complexity index is 490. The highest BCUT2D eigenvalue weighted by Crippen LogP contribution is 2.26. The van der Waals surface area contributed by atoms with E-state index in [1.807, 2.05) is 17.4 Å². The molecular weight excluding hydrogens is 240 g/mol. The van der Waals surface area contributed by atoms with Crippen molar-refractivity contribution in [1.82, 2.24) is 5.32 Å². The predicted molar refractivity (Wildman–Crippen MR) is 78.9 cm³/mol. The van der Waals surface area contributed by atoms with Crippen molar-refractivity contribution in [2.45, 2.75) is 26.4 Å². The van der Waals surface area contributed by atoms with Gasteiger partial charge in [-0.3, -0.25) is 0 Å². The Morgan fingerprint density at radius 2 is 1.94 bits per heavy atom. The molecule has 0 bridgehead atoms. The first kappa shape index (κ1) is 13.3. The summed E-state index contributed by atoms with van der Waals surface area (Å²) in [5.74, 6) is 0. The quantitative estimate of drug-likeness (QED) is 0.866. The van der Waals surface area contributed by atoms with Crippen molar-refractivity contribution in [2.75, 3.05) is 6.54 Å². The number of nitrogens with two attached hydrogens (primary N) is 1. The smallest absolute Gasteiger partial charge is 0.0458 e. The lowest BCUT2D eigenvalue weighted by Gasteiger charge is -2.17. The van der Waals surface area contributed by atoms with E-state index in [0.717, 1.165) is 6.54 Å². The Hall–Kier alpha value is -1.16. The van der Waals surface area contributed by atoms with Gasteiger partial charge in [-0.15, -0.1) is 11.3 Å². The van der Waals surface area contributed by atoms with E-state index in [1.165, 1.54) is 20.9 Å². The molecule has 0 saturated heterocycles. The van der Waals surface area contributed by atoms with Gasteiger partial charge >= 0.3 is 0 Å². The third kappa shape index (κ3) is 3.19. The van der Waals surface area contributed by atoms with Crippen LogP contribution in [0.2, 0.25) is 0 Å². The topological polar surface area (TPSA) is 38.0 Å². The van der Waals surface area contributed by atoms with Crippen molar-refractivity contribution in [2.24, 2.45) is 5.73 Å². The highest BCUT2D eigenvalue weighted by molar-refractivity contribution is 7.12. The van der Waals surface area contributed by atoms with Crippen LogP contribution in [-0.4, -0.2) is 6.54 Å². The normalized spacial score (nSPS) is 12.6. The Morgan fingerprint density at radius 3 is 2.50 bits per heavy atom. The minimum atomic E-state index is 0.246. The van der Waals surface area contributed by atoms with Crippen molar-refractivity contribution in [3.8, 4) is 0 Å². The van der Waals surface area contributed by atoms with Gasteiger partial charge in [0.15, 0.2) is 0 Å². The zero-order valence-electron chi connectivity index (χ0n) is 10.9. The van der Waals surface area contributed by atoms with Crippen LogP contribution in [0.15, 0.2) is 36.4 Å². The molecule has 0 aliphatic carbocycles. The molecule has 1 unspecified atom stereocenters.